The van der Waals surface area contributed by atoms with E-state index in [1.165, 1.54) is 70.5 Å². The summed E-state index contributed by atoms with van der Waals surface area (Å²) in [7, 11) is 13.1. The van der Waals surface area contributed by atoms with Crippen LogP contribution in [0.1, 0.15) is 0 Å². The molecule has 25 heteroatoms. The highest BCUT2D eigenvalue weighted by molar-refractivity contribution is 5.94. The average Bonchev–Trinajstić information content (AvgIpc) is 3.12. The topological polar surface area (TPSA) is 289 Å². The summed E-state index contributed by atoms with van der Waals surface area (Å²) in [4.78, 5) is 149. The number of carboxylic acids is 1. The van der Waals surface area contributed by atoms with Gasteiger partial charge in [-0.05, 0) is 5.53 Å². The molecule has 0 aliphatic carbocycles. The van der Waals surface area contributed by atoms with Crippen molar-refractivity contribution in [2.75, 3.05) is 142 Å². The Morgan fingerprint density at radius 3 is 0.667 bits per heavy atom. The van der Waals surface area contributed by atoms with Crippen LogP contribution in [-0.2, 0) is 52.7 Å². The van der Waals surface area contributed by atoms with E-state index in [-0.39, 0.29) is 6.54 Å². The second kappa shape index (κ2) is 24.1. The first-order valence-corrected chi connectivity index (χ1v) is 16.9. The van der Waals surface area contributed by atoms with Gasteiger partial charge in [-0.25, -0.2) is 0 Å². The molecule has 0 aromatic heterocycles. The van der Waals surface area contributed by atoms with E-state index in [1.54, 1.807) is 0 Å². The molecule has 0 spiro atoms. The number of aliphatic carboxylic acids is 1. The van der Waals surface area contributed by atoms with Gasteiger partial charge in [0.25, 0.3) is 0 Å². The van der Waals surface area contributed by atoms with Crippen LogP contribution in [0, 0.1) is 0 Å². The first-order chi connectivity index (χ1) is 26.3. The van der Waals surface area contributed by atoms with Crippen LogP contribution in [0.5, 0.6) is 0 Å². The number of carboxylic acid groups (broad SMARTS) is 1. The third-order valence-electron chi connectivity index (χ3n) is 8.25. The van der Waals surface area contributed by atoms with Gasteiger partial charge in [0.1, 0.15) is 13.1 Å². The number of likely N-dealkylation sites (N-methyl/N-ethyl adjacent to an activating group) is 10. The smallest absolute Gasteiger partial charge is 0.323 e. The van der Waals surface area contributed by atoms with E-state index in [0.717, 1.165) is 49.0 Å². The molecule has 0 radical (unpaired) electrons. The molecule has 0 bridgehead atoms. The Hall–Kier alpha value is -6.52. The first kappa shape index (κ1) is 50.5. The molecule has 0 atom stereocenters. The molecule has 0 unspecified atom stereocenters. The maximum atomic E-state index is 12.8. The van der Waals surface area contributed by atoms with Gasteiger partial charge in [0.05, 0.1) is 58.9 Å². The highest BCUT2D eigenvalue weighted by atomic mass is 16.4. The number of carbonyl (C=O) groups excluding carboxylic acids is 10. The van der Waals surface area contributed by atoms with Gasteiger partial charge in [0.15, 0.2) is 0 Å². The van der Waals surface area contributed by atoms with Gasteiger partial charge in [-0.1, -0.05) is 5.11 Å². The Labute approximate surface area is 329 Å². The van der Waals surface area contributed by atoms with Gasteiger partial charge in [-0.15, -0.1) is 0 Å². The number of hydrogen-bond donors (Lipinski definition) is 1. The second-order valence-corrected chi connectivity index (χ2v) is 13.3. The van der Waals surface area contributed by atoms with E-state index in [2.05, 4.69) is 10.0 Å². The van der Waals surface area contributed by atoms with Crippen molar-refractivity contribution in [1.29, 1.82) is 0 Å². The Morgan fingerprint density at radius 2 is 0.509 bits per heavy atom. The predicted octanol–water partition coefficient (Wildman–Crippen LogP) is -5.03. The third kappa shape index (κ3) is 18.6. The SMILES string of the molecule is CN(CC(=O)O)C(=O)CN(C)C(=O)CN(C)C(=O)CN(C)C(=O)CN(C)C(=O)CN(C)C(=O)CN(C)C(=O)CN(C)C(=O)CN(C)C(=O)CN(C)C(=O)CN=[N+]=[N-]. The zero-order valence-corrected chi connectivity index (χ0v) is 34.0. The molecule has 0 saturated carbocycles. The van der Waals surface area contributed by atoms with Crippen LogP contribution in [-0.4, -0.2) is 262 Å². The lowest BCUT2D eigenvalue weighted by atomic mass is 10.3. The maximum absolute atomic E-state index is 12.8. The van der Waals surface area contributed by atoms with Crippen molar-refractivity contribution in [2.24, 2.45) is 5.11 Å². The summed E-state index contributed by atoms with van der Waals surface area (Å²) in [6, 6.07) is 0. The van der Waals surface area contributed by atoms with Crippen molar-refractivity contribution in [2.45, 2.75) is 0 Å². The summed E-state index contributed by atoms with van der Waals surface area (Å²) in [6.07, 6.45) is 0. The number of nitrogens with zero attached hydrogens (tertiary/aromatic N) is 13. The average molecular weight is 812 g/mol. The highest BCUT2D eigenvalue weighted by Crippen LogP contribution is 2.01. The van der Waals surface area contributed by atoms with Gasteiger partial charge in [-0.2, -0.15) is 0 Å². The predicted molar refractivity (Wildman–Crippen MR) is 198 cm³/mol. The first-order valence-electron chi connectivity index (χ1n) is 16.9. The fourth-order valence-electron chi connectivity index (χ4n) is 4.21. The molecule has 0 heterocycles. The lowest BCUT2D eigenvalue weighted by Gasteiger charge is -2.27. The molecule has 0 aliphatic heterocycles. The summed E-state index contributed by atoms with van der Waals surface area (Å²) in [5.74, 6) is -7.45. The van der Waals surface area contributed by atoms with Crippen LogP contribution in [0.4, 0.5) is 0 Å². The van der Waals surface area contributed by atoms with Gasteiger partial charge < -0.3 is 54.1 Å². The molecule has 10 amide bonds. The minimum absolute atomic E-state index is 0.384. The molecule has 0 aromatic carbocycles. The minimum atomic E-state index is -1.22. The zero-order valence-electron chi connectivity index (χ0n) is 34.0. The van der Waals surface area contributed by atoms with Crippen molar-refractivity contribution < 1.29 is 57.8 Å². The largest absolute Gasteiger partial charge is 0.480 e. The molecule has 0 fully saturated rings. The quantitative estimate of drug-likeness (QED) is 0.0611. The lowest BCUT2D eigenvalue weighted by Crippen LogP contribution is -2.49. The molecule has 0 rings (SSSR count). The normalized spacial score (nSPS) is 10.1. The van der Waals surface area contributed by atoms with E-state index in [9.17, 15) is 52.7 Å². The van der Waals surface area contributed by atoms with Crippen molar-refractivity contribution in [3.05, 3.63) is 10.4 Å². The number of amides is 10. The Balaban J connectivity index is 4.89. The van der Waals surface area contributed by atoms with Crippen LogP contribution in [0.3, 0.4) is 0 Å². The monoisotopic (exact) mass is 811 g/mol. The van der Waals surface area contributed by atoms with Gasteiger partial charge >= 0.3 is 5.97 Å². The number of hydrogen-bond acceptors (Lipinski definition) is 12. The van der Waals surface area contributed by atoms with E-state index in [4.69, 9.17) is 10.6 Å². The molecule has 0 aliphatic rings. The van der Waals surface area contributed by atoms with Crippen LogP contribution >= 0.6 is 0 Å². The summed E-state index contributed by atoms with van der Waals surface area (Å²) in [5.41, 5.74) is 8.33. The van der Waals surface area contributed by atoms with E-state index < -0.39 is 130 Å². The van der Waals surface area contributed by atoms with Crippen LogP contribution in [0.2, 0.25) is 0 Å². The van der Waals surface area contributed by atoms with E-state index in [0.29, 0.717) is 0 Å². The number of rotatable bonds is 22. The van der Waals surface area contributed by atoms with Crippen LogP contribution in [0.25, 0.3) is 10.4 Å². The maximum Gasteiger partial charge on any atom is 0.323 e. The molecule has 318 valence electrons. The standard InChI is InChI=1S/C32H53N13O12/c1-36(22(46)11-34-35-33)12-23(47)37(2)13-24(48)38(3)14-25(49)39(4)15-26(50)40(5)16-27(51)41(6)17-28(52)42(7)18-29(53)43(8)19-30(54)44(9)20-31(55)45(10)21-32(56)57/h11-21H2,1-10H3,(H,56,57). The number of azide groups is 1. The second-order valence-electron chi connectivity index (χ2n) is 13.3. The Kier molecular flexibility index (Phi) is 21.3. The molecule has 0 aromatic rings. The highest BCUT2D eigenvalue weighted by Gasteiger charge is 2.26. The molecule has 0 saturated heterocycles. The van der Waals surface area contributed by atoms with Crippen molar-refractivity contribution >= 4 is 65.0 Å². The summed E-state index contributed by atoms with van der Waals surface area (Å²) < 4.78 is 0. The Bertz CT molecular complexity index is 1600. The molecular weight excluding hydrogens is 758 g/mol. The fourth-order valence-corrected chi connectivity index (χ4v) is 4.21. The third-order valence-corrected chi connectivity index (χ3v) is 8.25. The summed E-state index contributed by atoms with van der Waals surface area (Å²) in [5, 5.41) is 11.9. The molecular formula is C32H53N13O12. The minimum Gasteiger partial charge on any atom is -0.480 e. The molecule has 1 N–H and O–H groups in total. The van der Waals surface area contributed by atoms with Gasteiger partial charge in [0.2, 0.25) is 59.1 Å². The molecule has 25 nitrogen and oxygen atoms in total. The van der Waals surface area contributed by atoms with E-state index in [1.807, 2.05) is 0 Å². The van der Waals surface area contributed by atoms with Crippen molar-refractivity contribution in [1.82, 2.24) is 49.0 Å². The van der Waals surface area contributed by atoms with Crippen LogP contribution in [0.15, 0.2) is 5.11 Å². The van der Waals surface area contributed by atoms with Crippen molar-refractivity contribution in [3.63, 3.8) is 0 Å². The summed E-state index contributed by atoms with van der Waals surface area (Å²) in [6.45, 7) is -4.98. The van der Waals surface area contributed by atoms with Crippen LogP contribution < -0.4 is 0 Å². The number of carbonyl (C=O) groups is 11. The Morgan fingerprint density at radius 1 is 0.351 bits per heavy atom. The van der Waals surface area contributed by atoms with Gasteiger partial charge in [0, 0.05) is 75.4 Å². The van der Waals surface area contributed by atoms with Crippen molar-refractivity contribution in [3.8, 4) is 0 Å². The van der Waals surface area contributed by atoms with E-state index >= 15 is 0 Å². The zero-order chi connectivity index (χ0) is 44.3. The summed E-state index contributed by atoms with van der Waals surface area (Å²) >= 11 is 0. The van der Waals surface area contributed by atoms with Gasteiger partial charge in [-0.3, -0.25) is 52.7 Å². The fraction of sp³-hybridized carbons (Fsp3) is 0.656. The molecule has 57 heavy (non-hydrogen) atoms. The lowest BCUT2D eigenvalue weighted by molar-refractivity contribution is -0.147.